The number of carboxylic acid groups (broad SMARTS) is 1. The van der Waals surface area contributed by atoms with Gasteiger partial charge in [0.05, 0.1) is 12.1 Å². The highest BCUT2D eigenvalue weighted by atomic mass is 16.4. The third-order valence-corrected chi connectivity index (χ3v) is 2.89. The van der Waals surface area contributed by atoms with E-state index >= 15 is 0 Å². The van der Waals surface area contributed by atoms with Crippen molar-refractivity contribution in [3.63, 3.8) is 0 Å². The molecule has 0 unspecified atom stereocenters. The molecule has 0 radical (unpaired) electrons. The lowest BCUT2D eigenvalue weighted by Gasteiger charge is -2.19. The Morgan fingerprint density at radius 1 is 1.79 bits per heavy atom. The van der Waals surface area contributed by atoms with Crippen molar-refractivity contribution in [3.05, 3.63) is 17.5 Å². The van der Waals surface area contributed by atoms with Crippen LogP contribution in [0.15, 0.2) is 6.20 Å². The predicted molar refractivity (Wildman–Crippen MR) is 51.1 cm³/mol. The van der Waals surface area contributed by atoms with E-state index in [2.05, 4.69) is 5.10 Å². The summed E-state index contributed by atoms with van der Waals surface area (Å²) in [4.78, 5) is 10.9. The Labute approximate surface area is 82.5 Å². The average molecular weight is 194 g/mol. The van der Waals surface area contributed by atoms with Gasteiger partial charge in [-0.1, -0.05) is 0 Å². The highest BCUT2D eigenvalue weighted by molar-refractivity contribution is 5.70. The monoisotopic (exact) mass is 194 g/mol. The number of hydrogen-bond donors (Lipinski definition) is 1. The van der Waals surface area contributed by atoms with E-state index in [1.165, 1.54) is 5.56 Å². The molecule has 1 atom stereocenters. The van der Waals surface area contributed by atoms with Crippen molar-refractivity contribution in [2.75, 3.05) is 0 Å². The lowest BCUT2D eigenvalue weighted by Crippen LogP contribution is -2.23. The highest BCUT2D eigenvalue weighted by Gasteiger charge is 2.26. The molecule has 0 fully saturated rings. The van der Waals surface area contributed by atoms with Crippen LogP contribution in [-0.4, -0.2) is 20.9 Å². The molecule has 2 rings (SSSR count). The topological polar surface area (TPSA) is 55.1 Å². The molecule has 1 aliphatic rings. The third kappa shape index (κ3) is 1.41. The Morgan fingerprint density at radius 3 is 3.21 bits per heavy atom. The van der Waals surface area contributed by atoms with Crippen LogP contribution in [0.2, 0.25) is 0 Å². The van der Waals surface area contributed by atoms with Crippen molar-refractivity contribution in [1.82, 2.24) is 9.78 Å². The van der Waals surface area contributed by atoms with Crippen molar-refractivity contribution >= 4 is 5.97 Å². The minimum absolute atomic E-state index is 0.218. The molecule has 1 aromatic heterocycles. The van der Waals surface area contributed by atoms with E-state index < -0.39 is 5.97 Å². The summed E-state index contributed by atoms with van der Waals surface area (Å²) in [5.74, 6) is -0.899. The molecule has 0 bridgehead atoms. The molecule has 1 N–H and O–H groups in total. The molecule has 4 heteroatoms. The Hall–Kier alpha value is -1.32. The number of carboxylic acids is 1. The maximum atomic E-state index is 10.9. The smallest absolute Gasteiger partial charge is 0.306 e. The third-order valence-electron chi connectivity index (χ3n) is 2.89. The Kier molecular flexibility index (Phi) is 2.27. The first-order chi connectivity index (χ1) is 6.72. The number of nitrogens with zero attached hydrogens (tertiary/aromatic N) is 2. The highest BCUT2D eigenvalue weighted by Crippen LogP contribution is 2.25. The largest absolute Gasteiger partial charge is 0.481 e. The second kappa shape index (κ2) is 3.44. The number of aliphatic carboxylic acids is 1. The molecule has 76 valence electrons. The zero-order chi connectivity index (χ0) is 10.1. The zero-order valence-electron chi connectivity index (χ0n) is 8.23. The average Bonchev–Trinajstić information content (AvgIpc) is 2.59. The molecule has 0 spiro atoms. The summed E-state index contributed by atoms with van der Waals surface area (Å²) in [7, 11) is 0. The Morgan fingerprint density at radius 2 is 2.57 bits per heavy atom. The summed E-state index contributed by atoms with van der Waals surface area (Å²) in [5, 5.41) is 13.2. The second-order valence-corrected chi connectivity index (χ2v) is 3.71. The number of carbonyl (C=O) groups is 1. The SMILES string of the molecule is CCn1ncc2c1C[C@H](C(=O)O)CC2. The summed E-state index contributed by atoms with van der Waals surface area (Å²) >= 11 is 0. The molecular weight excluding hydrogens is 180 g/mol. The van der Waals surface area contributed by atoms with Gasteiger partial charge in [-0.05, 0) is 25.3 Å². The van der Waals surface area contributed by atoms with E-state index in [0.29, 0.717) is 6.42 Å². The quantitative estimate of drug-likeness (QED) is 0.766. The predicted octanol–water partition coefficient (Wildman–Crippen LogP) is 1.09. The molecule has 0 saturated heterocycles. The van der Waals surface area contributed by atoms with Crippen LogP contribution in [-0.2, 0) is 24.2 Å². The standard InChI is InChI=1S/C10H14N2O2/c1-2-12-9-5-7(10(13)14)3-4-8(9)6-11-12/h6-7H,2-5H2,1H3,(H,13,14)/t7-/m1/s1. The molecule has 0 aliphatic heterocycles. The van der Waals surface area contributed by atoms with Crippen LogP contribution in [0.4, 0.5) is 0 Å². The molecule has 1 aliphatic carbocycles. The van der Waals surface area contributed by atoms with Gasteiger partial charge in [0.1, 0.15) is 0 Å². The van der Waals surface area contributed by atoms with Crippen LogP contribution < -0.4 is 0 Å². The number of aromatic nitrogens is 2. The number of fused-ring (bicyclic) bond motifs is 1. The first-order valence-corrected chi connectivity index (χ1v) is 4.98. The minimum atomic E-state index is -0.681. The zero-order valence-corrected chi connectivity index (χ0v) is 8.23. The van der Waals surface area contributed by atoms with Crippen molar-refractivity contribution in [1.29, 1.82) is 0 Å². The maximum absolute atomic E-state index is 10.9. The van der Waals surface area contributed by atoms with Crippen LogP contribution in [0, 0.1) is 5.92 Å². The van der Waals surface area contributed by atoms with Crippen LogP contribution in [0.5, 0.6) is 0 Å². The van der Waals surface area contributed by atoms with Gasteiger partial charge in [0.25, 0.3) is 0 Å². The molecular formula is C10H14N2O2. The van der Waals surface area contributed by atoms with Gasteiger partial charge in [-0.25, -0.2) is 0 Å². The van der Waals surface area contributed by atoms with Gasteiger partial charge >= 0.3 is 5.97 Å². The summed E-state index contributed by atoms with van der Waals surface area (Å²) in [5.41, 5.74) is 2.34. The molecule has 4 nitrogen and oxygen atoms in total. The van der Waals surface area contributed by atoms with E-state index in [4.69, 9.17) is 5.11 Å². The molecule has 14 heavy (non-hydrogen) atoms. The van der Waals surface area contributed by atoms with Gasteiger partial charge in [0.2, 0.25) is 0 Å². The van der Waals surface area contributed by atoms with Gasteiger partial charge in [-0.15, -0.1) is 0 Å². The van der Waals surface area contributed by atoms with Gasteiger partial charge in [0.15, 0.2) is 0 Å². The first kappa shape index (κ1) is 9.24. The second-order valence-electron chi connectivity index (χ2n) is 3.71. The Bertz CT molecular complexity index is 344. The van der Waals surface area contributed by atoms with Crippen molar-refractivity contribution in [2.45, 2.75) is 32.7 Å². The lowest BCUT2D eigenvalue weighted by atomic mass is 9.88. The van der Waals surface area contributed by atoms with E-state index in [9.17, 15) is 4.79 Å². The number of rotatable bonds is 2. The maximum Gasteiger partial charge on any atom is 0.306 e. The summed E-state index contributed by atoms with van der Waals surface area (Å²) in [6, 6.07) is 0. The van der Waals surface area contributed by atoms with Gasteiger partial charge < -0.3 is 5.11 Å². The number of aryl methyl sites for hydroxylation is 2. The van der Waals surface area contributed by atoms with Gasteiger partial charge in [0, 0.05) is 18.7 Å². The van der Waals surface area contributed by atoms with Crippen molar-refractivity contribution in [3.8, 4) is 0 Å². The van der Waals surface area contributed by atoms with Crippen LogP contribution in [0.3, 0.4) is 0 Å². The van der Waals surface area contributed by atoms with E-state index in [1.807, 2.05) is 17.8 Å². The molecule has 1 aromatic rings. The van der Waals surface area contributed by atoms with Gasteiger partial charge in [-0.2, -0.15) is 5.10 Å². The van der Waals surface area contributed by atoms with Gasteiger partial charge in [-0.3, -0.25) is 9.48 Å². The molecule has 0 amide bonds. The fourth-order valence-electron chi connectivity index (χ4n) is 2.04. The van der Waals surface area contributed by atoms with Crippen molar-refractivity contribution < 1.29 is 9.90 Å². The Balaban J connectivity index is 2.27. The molecule has 0 saturated carbocycles. The van der Waals surface area contributed by atoms with Crippen LogP contribution in [0.1, 0.15) is 24.6 Å². The molecule has 1 heterocycles. The minimum Gasteiger partial charge on any atom is -0.481 e. The number of hydrogen-bond acceptors (Lipinski definition) is 2. The summed E-state index contributed by atoms with van der Waals surface area (Å²) in [6.07, 6.45) is 4.11. The van der Waals surface area contributed by atoms with E-state index in [0.717, 1.165) is 25.1 Å². The van der Waals surface area contributed by atoms with Crippen LogP contribution in [0.25, 0.3) is 0 Å². The van der Waals surface area contributed by atoms with Crippen LogP contribution >= 0.6 is 0 Å². The van der Waals surface area contributed by atoms with E-state index in [-0.39, 0.29) is 5.92 Å². The lowest BCUT2D eigenvalue weighted by molar-refractivity contribution is -0.142. The fraction of sp³-hybridized carbons (Fsp3) is 0.600. The van der Waals surface area contributed by atoms with Crippen molar-refractivity contribution in [2.24, 2.45) is 5.92 Å². The summed E-state index contributed by atoms with van der Waals surface area (Å²) < 4.78 is 1.91. The normalized spacial score (nSPS) is 20.5. The first-order valence-electron chi connectivity index (χ1n) is 4.98. The van der Waals surface area contributed by atoms with E-state index in [1.54, 1.807) is 0 Å². The summed E-state index contributed by atoms with van der Waals surface area (Å²) in [6.45, 7) is 2.85. The molecule has 0 aromatic carbocycles. The fourth-order valence-corrected chi connectivity index (χ4v) is 2.04.